The summed E-state index contributed by atoms with van der Waals surface area (Å²) in [4.78, 5) is 15.0. The molecule has 0 bridgehead atoms. The maximum absolute atomic E-state index is 10.0. The molecule has 0 saturated carbocycles. The molecule has 0 atom stereocenters. The van der Waals surface area contributed by atoms with Crippen molar-refractivity contribution in [1.82, 2.24) is 0 Å². The molecule has 1 aromatic carbocycles. The molecule has 1 aromatic rings. The molecule has 0 unspecified atom stereocenters. The topological polar surface area (TPSA) is 29.4 Å². The van der Waals surface area contributed by atoms with Crippen molar-refractivity contribution in [2.24, 2.45) is 4.99 Å². The molecule has 0 spiro atoms. The molecule has 0 radical (unpaired) electrons. The van der Waals surface area contributed by atoms with E-state index in [2.05, 4.69) is 4.99 Å². The molecule has 1 aliphatic rings. The van der Waals surface area contributed by atoms with E-state index in [1.165, 1.54) is 22.6 Å². The van der Waals surface area contributed by atoms with Gasteiger partial charge in [0.2, 0.25) is 6.08 Å². The van der Waals surface area contributed by atoms with Crippen molar-refractivity contribution in [3.8, 4) is 0 Å². The summed E-state index contributed by atoms with van der Waals surface area (Å²) in [6.45, 7) is 0. The zero-order chi connectivity index (χ0) is 9.10. The van der Waals surface area contributed by atoms with Gasteiger partial charge in [-0.25, -0.2) is 4.79 Å². The fourth-order valence-electron chi connectivity index (χ4n) is 1.47. The number of aryl methyl sites for hydroxylation is 1. The minimum Gasteiger partial charge on any atom is -0.211 e. The number of hydrogen-bond donors (Lipinski definition) is 0. The zero-order valence-electron chi connectivity index (χ0n) is 7.12. The predicted octanol–water partition coefficient (Wildman–Crippen LogP) is 2.69. The van der Waals surface area contributed by atoms with E-state index in [1.54, 1.807) is 6.08 Å². The van der Waals surface area contributed by atoms with Crippen LogP contribution >= 0.6 is 11.8 Å². The van der Waals surface area contributed by atoms with Gasteiger partial charge in [-0.2, -0.15) is 4.99 Å². The number of thioether (sulfide) groups is 1. The van der Waals surface area contributed by atoms with Crippen LogP contribution < -0.4 is 0 Å². The van der Waals surface area contributed by atoms with Crippen LogP contribution in [-0.2, 0) is 11.2 Å². The van der Waals surface area contributed by atoms with Crippen molar-refractivity contribution in [3.05, 3.63) is 23.8 Å². The van der Waals surface area contributed by atoms with E-state index in [-0.39, 0.29) is 0 Å². The molecule has 66 valence electrons. The molecule has 0 amide bonds. The van der Waals surface area contributed by atoms with Crippen LogP contribution in [-0.4, -0.2) is 11.8 Å². The van der Waals surface area contributed by atoms with Gasteiger partial charge >= 0.3 is 0 Å². The van der Waals surface area contributed by atoms with Gasteiger partial charge in [0, 0.05) is 4.90 Å². The van der Waals surface area contributed by atoms with E-state index in [0.717, 1.165) is 12.1 Å². The van der Waals surface area contributed by atoms with Crippen LogP contribution in [0.3, 0.4) is 0 Å². The quantitative estimate of drug-likeness (QED) is 0.504. The van der Waals surface area contributed by atoms with Crippen LogP contribution in [0.25, 0.3) is 0 Å². The highest BCUT2D eigenvalue weighted by Crippen LogP contribution is 2.32. The van der Waals surface area contributed by atoms with Crippen LogP contribution in [0.15, 0.2) is 28.1 Å². The molecule has 0 fully saturated rings. The third-order valence-electron chi connectivity index (χ3n) is 2.07. The lowest BCUT2D eigenvalue weighted by Crippen LogP contribution is -1.97. The summed E-state index contributed by atoms with van der Waals surface area (Å²) in [5.41, 5.74) is 2.03. The zero-order valence-corrected chi connectivity index (χ0v) is 7.93. The second-order valence-corrected chi connectivity index (χ2v) is 4.08. The van der Waals surface area contributed by atoms with Crippen molar-refractivity contribution in [1.29, 1.82) is 0 Å². The van der Waals surface area contributed by atoms with E-state index in [0.29, 0.717) is 0 Å². The fourth-order valence-corrected chi connectivity index (χ4v) is 2.49. The number of aliphatic imine (C=N–C) groups is 1. The molecule has 13 heavy (non-hydrogen) atoms. The minimum atomic E-state index is 0.719. The Morgan fingerprint density at radius 2 is 2.38 bits per heavy atom. The Morgan fingerprint density at radius 3 is 3.23 bits per heavy atom. The van der Waals surface area contributed by atoms with Gasteiger partial charge in [0.05, 0.1) is 5.69 Å². The SMILES string of the molecule is O=C=Nc1ccc2c(c1)CCCS2. The Kier molecular flexibility index (Phi) is 2.48. The lowest BCUT2D eigenvalue weighted by molar-refractivity contribution is 0.565. The third-order valence-corrected chi connectivity index (χ3v) is 3.27. The highest BCUT2D eigenvalue weighted by Gasteiger charge is 2.09. The maximum atomic E-state index is 10.0. The Balaban J connectivity index is 2.40. The molecular weight excluding hydrogens is 182 g/mol. The molecule has 0 saturated heterocycles. The Labute approximate surface area is 81.1 Å². The summed E-state index contributed by atoms with van der Waals surface area (Å²) in [6, 6.07) is 5.88. The van der Waals surface area contributed by atoms with Gasteiger partial charge in [0.1, 0.15) is 0 Å². The highest BCUT2D eigenvalue weighted by atomic mass is 32.2. The number of rotatable bonds is 1. The fraction of sp³-hybridized carbons (Fsp3) is 0.300. The molecular formula is C10H9NOS. The maximum Gasteiger partial charge on any atom is 0.240 e. The Hall–Kier alpha value is -1.05. The monoisotopic (exact) mass is 191 g/mol. The average Bonchev–Trinajstić information content (AvgIpc) is 2.18. The van der Waals surface area contributed by atoms with Gasteiger partial charge in [0.25, 0.3) is 0 Å². The van der Waals surface area contributed by atoms with Gasteiger partial charge in [-0.05, 0) is 42.4 Å². The van der Waals surface area contributed by atoms with Crippen molar-refractivity contribution >= 4 is 23.5 Å². The highest BCUT2D eigenvalue weighted by molar-refractivity contribution is 7.99. The van der Waals surface area contributed by atoms with Crippen LogP contribution in [0, 0.1) is 0 Å². The Bertz CT molecular complexity index is 369. The van der Waals surface area contributed by atoms with E-state index in [9.17, 15) is 4.79 Å². The number of isocyanates is 1. The first-order valence-corrected chi connectivity index (χ1v) is 5.22. The largest absolute Gasteiger partial charge is 0.240 e. The molecule has 0 aromatic heterocycles. The van der Waals surface area contributed by atoms with Gasteiger partial charge in [-0.3, -0.25) is 0 Å². The second kappa shape index (κ2) is 3.77. The summed E-state index contributed by atoms with van der Waals surface area (Å²) < 4.78 is 0. The lowest BCUT2D eigenvalue weighted by Gasteiger charge is -2.14. The molecule has 3 heteroatoms. The second-order valence-electron chi connectivity index (χ2n) is 2.95. The molecule has 0 N–H and O–H groups in total. The van der Waals surface area contributed by atoms with Crippen LogP contribution in [0.4, 0.5) is 5.69 Å². The van der Waals surface area contributed by atoms with Crippen molar-refractivity contribution in [2.45, 2.75) is 17.7 Å². The number of fused-ring (bicyclic) bond motifs is 1. The molecule has 2 rings (SSSR count). The summed E-state index contributed by atoms with van der Waals surface area (Å²) >= 11 is 1.88. The van der Waals surface area contributed by atoms with Gasteiger partial charge in [-0.15, -0.1) is 11.8 Å². The minimum absolute atomic E-state index is 0.719. The van der Waals surface area contributed by atoms with Gasteiger partial charge in [-0.1, -0.05) is 0 Å². The molecule has 1 heterocycles. The molecule has 1 aliphatic heterocycles. The van der Waals surface area contributed by atoms with Gasteiger partial charge < -0.3 is 0 Å². The number of benzene rings is 1. The van der Waals surface area contributed by atoms with Crippen molar-refractivity contribution in [2.75, 3.05) is 5.75 Å². The van der Waals surface area contributed by atoms with E-state index >= 15 is 0 Å². The number of carbonyl (C=O) groups excluding carboxylic acids is 1. The summed E-state index contributed by atoms with van der Waals surface area (Å²) in [5.74, 6) is 1.20. The predicted molar refractivity (Wildman–Crippen MR) is 53.3 cm³/mol. The van der Waals surface area contributed by atoms with Gasteiger partial charge in [0.15, 0.2) is 0 Å². The van der Waals surface area contributed by atoms with Crippen LogP contribution in [0.2, 0.25) is 0 Å². The molecule has 0 aliphatic carbocycles. The first-order valence-electron chi connectivity index (χ1n) is 4.24. The summed E-state index contributed by atoms with van der Waals surface area (Å²) in [7, 11) is 0. The van der Waals surface area contributed by atoms with E-state index in [1.807, 2.05) is 30.0 Å². The summed E-state index contributed by atoms with van der Waals surface area (Å²) in [6.07, 6.45) is 3.87. The smallest absolute Gasteiger partial charge is 0.211 e. The Morgan fingerprint density at radius 1 is 1.46 bits per heavy atom. The first kappa shape index (κ1) is 8.54. The lowest BCUT2D eigenvalue weighted by atomic mass is 10.1. The first-order chi connectivity index (χ1) is 6.40. The van der Waals surface area contributed by atoms with E-state index < -0.39 is 0 Å². The summed E-state index contributed by atoms with van der Waals surface area (Å²) in [5, 5.41) is 0. The average molecular weight is 191 g/mol. The van der Waals surface area contributed by atoms with Crippen molar-refractivity contribution < 1.29 is 4.79 Å². The number of hydrogen-bond acceptors (Lipinski definition) is 3. The van der Waals surface area contributed by atoms with Crippen LogP contribution in [0.1, 0.15) is 12.0 Å². The molecule has 2 nitrogen and oxygen atoms in total. The van der Waals surface area contributed by atoms with Crippen LogP contribution in [0.5, 0.6) is 0 Å². The standard InChI is InChI=1S/C10H9NOS/c12-7-11-9-3-4-10-8(6-9)2-1-5-13-10/h3-4,6H,1-2,5H2. The van der Waals surface area contributed by atoms with Crippen molar-refractivity contribution in [3.63, 3.8) is 0 Å². The van der Waals surface area contributed by atoms with E-state index in [4.69, 9.17) is 0 Å². The normalized spacial score (nSPS) is 14.5. The number of nitrogens with zero attached hydrogens (tertiary/aromatic N) is 1. The third kappa shape index (κ3) is 1.82.